The van der Waals surface area contributed by atoms with Gasteiger partial charge in [0.15, 0.2) is 0 Å². The van der Waals surface area contributed by atoms with Crippen LogP contribution in [-0.2, 0) is 9.53 Å². The van der Waals surface area contributed by atoms with Crippen LogP contribution >= 0.6 is 11.6 Å². The molecule has 0 aliphatic rings. The standard InChI is InChI=1S/C14H21ClN2O2/c1-14(2,3)6-7-19-9-13(18)17-12-5-4-10(16)8-11(12)15/h4-5,8H,6-7,9,16H2,1-3H3,(H,17,18). The first-order chi connectivity index (χ1) is 8.78. The van der Waals surface area contributed by atoms with Crippen molar-refractivity contribution in [1.82, 2.24) is 0 Å². The van der Waals surface area contributed by atoms with Gasteiger partial charge in [0, 0.05) is 12.3 Å². The molecule has 0 aliphatic carbocycles. The minimum absolute atomic E-state index is 0.0246. The summed E-state index contributed by atoms with van der Waals surface area (Å²) in [6.45, 7) is 6.98. The highest BCUT2D eigenvalue weighted by molar-refractivity contribution is 6.34. The van der Waals surface area contributed by atoms with Crippen LogP contribution in [0.5, 0.6) is 0 Å². The lowest BCUT2D eigenvalue weighted by atomic mass is 9.93. The number of hydrogen-bond donors (Lipinski definition) is 2. The third kappa shape index (κ3) is 6.45. The Kier molecular flexibility index (Phi) is 5.63. The number of benzene rings is 1. The quantitative estimate of drug-likeness (QED) is 0.644. The fourth-order valence-electron chi connectivity index (χ4n) is 1.36. The lowest BCUT2D eigenvalue weighted by molar-refractivity contribution is -0.120. The zero-order valence-electron chi connectivity index (χ0n) is 11.6. The maximum atomic E-state index is 11.6. The van der Waals surface area contributed by atoms with Crippen molar-refractivity contribution in [2.75, 3.05) is 24.3 Å². The first-order valence-electron chi connectivity index (χ1n) is 6.20. The van der Waals surface area contributed by atoms with E-state index in [9.17, 15) is 4.79 Å². The number of anilines is 2. The molecule has 0 aromatic heterocycles. The SMILES string of the molecule is CC(C)(C)CCOCC(=O)Nc1ccc(N)cc1Cl. The van der Waals surface area contributed by atoms with Gasteiger partial charge in [0.25, 0.3) is 0 Å². The monoisotopic (exact) mass is 284 g/mol. The predicted octanol–water partition coefficient (Wildman–Crippen LogP) is 3.31. The molecule has 0 bridgehead atoms. The Bertz CT molecular complexity index is 442. The summed E-state index contributed by atoms with van der Waals surface area (Å²) in [6, 6.07) is 4.95. The van der Waals surface area contributed by atoms with Crippen molar-refractivity contribution in [2.45, 2.75) is 27.2 Å². The molecule has 5 heteroatoms. The van der Waals surface area contributed by atoms with Crippen LogP contribution in [-0.4, -0.2) is 19.1 Å². The molecule has 1 amide bonds. The predicted molar refractivity (Wildman–Crippen MR) is 79.4 cm³/mol. The van der Waals surface area contributed by atoms with E-state index in [0.717, 1.165) is 6.42 Å². The normalized spacial score (nSPS) is 11.4. The van der Waals surface area contributed by atoms with Gasteiger partial charge in [-0.3, -0.25) is 4.79 Å². The Morgan fingerprint density at radius 3 is 2.68 bits per heavy atom. The molecular weight excluding hydrogens is 264 g/mol. The van der Waals surface area contributed by atoms with E-state index in [0.29, 0.717) is 23.0 Å². The number of carbonyl (C=O) groups is 1. The van der Waals surface area contributed by atoms with E-state index < -0.39 is 0 Å². The molecule has 106 valence electrons. The van der Waals surface area contributed by atoms with Crippen molar-refractivity contribution in [1.29, 1.82) is 0 Å². The zero-order valence-corrected chi connectivity index (χ0v) is 12.4. The van der Waals surface area contributed by atoms with Crippen LogP contribution in [0.2, 0.25) is 5.02 Å². The maximum Gasteiger partial charge on any atom is 0.250 e. The number of halogens is 1. The molecule has 1 aromatic carbocycles. The molecule has 0 radical (unpaired) electrons. The van der Waals surface area contributed by atoms with Gasteiger partial charge in [-0.25, -0.2) is 0 Å². The summed E-state index contributed by atoms with van der Waals surface area (Å²) >= 11 is 5.96. The van der Waals surface area contributed by atoms with Crippen LogP contribution in [0.25, 0.3) is 0 Å². The Morgan fingerprint density at radius 1 is 1.42 bits per heavy atom. The second-order valence-corrected chi connectivity index (χ2v) is 6.06. The Labute approximate surface area is 119 Å². The summed E-state index contributed by atoms with van der Waals surface area (Å²) in [5.41, 5.74) is 6.88. The van der Waals surface area contributed by atoms with Gasteiger partial charge in [0.1, 0.15) is 6.61 Å². The van der Waals surface area contributed by atoms with Crippen molar-refractivity contribution >= 4 is 28.9 Å². The summed E-state index contributed by atoms with van der Waals surface area (Å²) in [6.07, 6.45) is 0.906. The zero-order chi connectivity index (χ0) is 14.5. The van der Waals surface area contributed by atoms with Gasteiger partial charge < -0.3 is 15.8 Å². The fraction of sp³-hybridized carbons (Fsp3) is 0.500. The maximum absolute atomic E-state index is 11.6. The summed E-state index contributed by atoms with van der Waals surface area (Å²) in [7, 11) is 0. The second-order valence-electron chi connectivity index (χ2n) is 5.65. The van der Waals surface area contributed by atoms with Gasteiger partial charge >= 0.3 is 0 Å². The van der Waals surface area contributed by atoms with Crippen LogP contribution in [0.15, 0.2) is 18.2 Å². The van der Waals surface area contributed by atoms with Crippen molar-refractivity contribution in [3.05, 3.63) is 23.2 Å². The summed E-state index contributed by atoms with van der Waals surface area (Å²) in [5, 5.41) is 3.10. The van der Waals surface area contributed by atoms with Gasteiger partial charge in [-0.1, -0.05) is 32.4 Å². The van der Waals surface area contributed by atoms with Gasteiger partial charge in [0.05, 0.1) is 10.7 Å². The number of hydrogen-bond acceptors (Lipinski definition) is 3. The minimum atomic E-state index is -0.222. The molecule has 0 unspecified atom stereocenters. The van der Waals surface area contributed by atoms with E-state index in [1.165, 1.54) is 0 Å². The molecule has 0 fully saturated rings. The van der Waals surface area contributed by atoms with Gasteiger partial charge in [-0.15, -0.1) is 0 Å². The number of ether oxygens (including phenoxy) is 1. The smallest absolute Gasteiger partial charge is 0.250 e. The van der Waals surface area contributed by atoms with E-state index in [1.54, 1.807) is 18.2 Å². The van der Waals surface area contributed by atoms with Gasteiger partial charge in [0.2, 0.25) is 5.91 Å². The lowest BCUT2D eigenvalue weighted by Gasteiger charge is -2.17. The molecule has 4 nitrogen and oxygen atoms in total. The highest BCUT2D eigenvalue weighted by atomic mass is 35.5. The average Bonchev–Trinajstić information content (AvgIpc) is 2.27. The number of nitrogen functional groups attached to an aromatic ring is 1. The summed E-state index contributed by atoms with van der Waals surface area (Å²) < 4.78 is 5.33. The van der Waals surface area contributed by atoms with E-state index in [4.69, 9.17) is 22.1 Å². The van der Waals surface area contributed by atoms with Crippen molar-refractivity contribution in [2.24, 2.45) is 5.41 Å². The van der Waals surface area contributed by atoms with Crippen molar-refractivity contribution in [3.63, 3.8) is 0 Å². The molecule has 0 spiro atoms. The van der Waals surface area contributed by atoms with E-state index in [-0.39, 0.29) is 17.9 Å². The highest BCUT2D eigenvalue weighted by Crippen LogP contribution is 2.24. The molecule has 1 rings (SSSR count). The second kappa shape index (κ2) is 6.78. The lowest BCUT2D eigenvalue weighted by Crippen LogP contribution is -2.20. The molecular formula is C14H21ClN2O2. The van der Waals surface area contributed by atoms with Crippen LogP contribution in [0, 0.1) is 5.41 Å². The number of nitrogens with one attached hydrogen (secondary N) is 1. The van der Waals surface area contributed by atoms with Crippen LogP contribution < -0.4 is 11.1 Å². The van der Waals surface area contributed by atoms with E-state index in [1.807, 2.05) is 0 Å². The largest absolute Gasteiger partial charge is 0.399 e. The minimum Gasteiger partial charge on any atom is -0.399 e. The fourth-order valence-corrected chi connectivity index (χ4v) is 1.60. The molecule has 0 aliphatic heterocycles. The number of carbonyl (C=O) groups excluding carboxylic acids is 1. The van der Waals surface area contributed by atoms with Crippen LogP contribution in [0.3, 0.4) is 0 Å². The van der Waals surface area contributed by atoms with Crippen LogP contribution in [0.4, 0.5) is 11.4 Å². The van der Waals surface area contributed by atoms with Gasteiger partial charge in [-0.2, -0.15) is 0 Å². The van der Waals surface area contributed by atoms with Crippen LogP contribution in [0.1, 0.15) is 27.2 Å². The third-order valence-electron chi connectivity index (χ3n) is 2.50. The van der Waals surface area contributed by atoms with Crippen molar-refractivity contribution < 1.29 is 9.53 Å². The molecule has 1 aromatic rings. The molecule has 0 heterocycles. The number of nitrogens with two attached hydrogens (primary N) is 1. The summed E-state index contributed by atoms with van der Waals surface area (Å²) in [4.78, 5) is 11.6. The van der Waals surface area contributed by atoms with E-state index >= 15 is 0 Å². The Balaban J connectivity index is 2.35. The first-order valence-corrected chi connectivity index (χ1v) is 6.58. The summed E-state index contributed by atoms with van der Waals surface area (Å²) in [5.74, 6) is -0.222. The van der Waals surface area contributed by atoms with Gasteiger partial charge in [-0.05, 0) is 30.0 Å². The van der Waals surface area contributed by atoms with Crippen molar-refractivity contribution in [3.8, 4) is 0 Å². The number of rotatable bonds is 5. The molecule has 3 N–H and O–H groups in total. The van der Waals surface area contributed by atoms with E-state index in [2.05, 4.69) is 26.1 Å². The Hall–Kier alpha value is -1.26. The highest BCUT2D eigenvalue weighted by Gasteiger charge is 2.11. The molecule has 0 saturated carbocycles. The first kappa shape index (κ1) is 15.8. The Morgan fingerprint density at radius 2 is 2.11 bits per heavy atom. The third-order valence-corrected chi connectivity index (χ3v) is 2.81. The molecule has 19 heavy (non-hydrogen) atoms. The molecule has 0 saturated heterocycles. The topological polar surface area (TPSA) is 64.3 Å². The molecule has 0 atom stereocenters. The number of amides is 1. The average molecular weight is 285 g/mol.